The first kappa shape index (κ1) is 7.54. The van der Waals surface area contributed by atoms with E-state index < -0.39 is 17.9 Å². The third-order valence-electron chi connectivity index (χ3n) is 0.644. The first-order valence-corrected chi connectivity index (χ1v) is 2.00. The van der Waals surface area contributed by atoms with Gasteiger partial charge < -0.3 is 11.5 Å². The van der Waals surface area contributed by atoms with Gasteiger partial charge in [-0.1, -0.05) is 0 Å². The molecule has 0 aliphatic heterocycles. The van der Waals surface area contributed by atoms with Crippen LogP contribution in [0.15, 0.2) is 5.18 Å². The van der Waals surface area contributed by atoms with Crippen LogP contribution in [0.3, 0.4) is 0 Å². The summed E-state index contributed by atoms with van der Waals surface area (Å²) in [6.45, 7) is 0. The van der Waals surface area contributed by atoms with Crippen LogP contribution in [0.25, 0.3) is 0 Å². The number of hydrogen-bond donors (Lipinski definition) is 2. The highest BCUT2D eigenvalue weighted by Crippen LogP contribution is 1.84. The van der Waals surface area contributed by atoms with Crippen molar-refractivity contribution in [2.75, 3.05) is 0 Å². The largest absolute Gasteiger partial charge is 0.367 e. The van der Waals surface area contributed by atoms with E-state index >= 15 is 0 Å². The number of nitrogens with zero attached hydrogens (tertiary/aromatic N) is 1. The van der Waals surface area contributed by atoms with E-state index in [4.69, 9.17) is 0 Å². The highest BCUT2D eigenvalue weighted by Gasteiger charge is 2.21. The number of nitrogens with two attached hydrogens (primary N) is 2. The van der Waals surface area contributed by atoms with E-state index in [1.165, 1.54) is 0 Å². The predicted octanol–water partition coefficient (Wildman–Crippen LogP) is -1.91. The fourth-order valence-electron chi connectivity index (χ4n) is 0.244. The summed E-state index contributed by atoms with van der Waals surface area (Å²) >= 11 is 0. The molecule has 6 nitrogen and oxygen atoms in total. The average Bonchev–Trinajstić information content (AvgIpc) is 1.64. The molecule has 0 aromatic rings. The maximum Gasteiger partial charge on any atom is 0.255 e. The number of primary amides is 2. The molecule has 0 spiro atoms. The lowest BCUT2D eigenvalue weighted by Gasteiger charge is -1.94. The standard InChI is InChI=1S/C3H5N3O3/c4-2(7)1(6-9)3(5)8/h1H,(H2,4,7)(H2,5,8). The Bertz CT molecular complexity index is 140. The SMILES string of the molecule is NC(=O)C(N=O)C(N)=O. The topological polar surface area (TPSA) is 116 Å². The van der Waals surface area contributed by atoms with E-state index in [-0.39, 0.29) is 0 Å². The van der Waals surface area contributed by atoms with Gasteiger partial charge in [0.2, 0.25) is 6.04 Å². The molecule has 50 valence electrons. The van der Waals surface area contributed by atoms with Gasteiger partial charge in [0.15, 0.2) is 0 Å². The molecule has 0 fully saturated rings. The van der Waals surface area contributed by atoms with Crippen LogP contribution < -0.4 is 11.5 Å². The third kappa shape index (κ3) is 1.85. The zero-order chi connectivity index (χ0) is 7.44. The summed E-state index contributed by atoms with van der Waals surface area (Å²) in [6, 6.07) is -1.73. The molecule has 9 heavy (non-hydrogen) atoms. The van der Waals surface area contributed by atoms with Gasteiger partial charge >= 0.3 is 0 Å². The van der Waals surface area contributed by atoms with E-state index in [0.717, 1.165) is 0 Å². The highest BCUT2D eigenvalue weighted by molar-refractivity contribution is 6.03. The number of carbonyl (C=O) groups excluding carboxylic acids is 2. The minimum absolute atomic E-state index is 1.13. The zero-order valence-electron chi connectivity index (χ0n) is 4.40. The van der Waals surface area contributed by atoms with Crippen molar-refractivity contribution in [2.45, 2.75) is 6.04 Å². The normalized spacial score (nSPS) is 9.00. The van der Waals surface area contributed by atoms with E-state index in [2.05, 4.69) is 16.6 Å². The lowest BCUT2D eigenvalue weighted by atomic mass is 10.3. The summed E-state index contributed by atoms with van der Waals surface area (Å²) in [5.74, 6) is -2.25. The molecule has 0 heterocycles. The molecule has 0 aromatic heterocycles. The van der Waals surface area contributed by atoms with Crippen molar-refractivity contribution >= 4 is 11.8 Å². The Morgan fingerprint density at radius 2 is 1.56 bits per heavy atom. The molecule has 0 unspecified atom stereocenters. The Kier molecular flexibility index (Phi) is 2.31. The molecule has 0 bridgehead atoms. The van der Waals surface area contributed by atoms with Gasteiger partial charge in [-0.2, -0.15) is 0 Å². The van der Waals surface area contributed by atoms with Crippen LogP contribution in [-0.2, 0) is 9.59 Å². The monoisotopic (exact) mass is 131 g/mol. The molecule has 0 rings (SSSR count). The number of hydrogen-bond acceptors (Lipinski definition) is 4. The van der Waals surface area contributed by atoms with E-state index in [1.807, 2.05) is 0 Å². The second kappa shape index (κ2) is 2.75. The second-order valence-electron chi connectivity index (χ2n) is 1.31. The minimum Gasteiger partial charge on any atom is -0.367 e. The molecule has 0 aromatic carbocycles. The first-order valence-electron chi connectivity index (χ1n) is 2.00. The van der Waals surface area contributed by atoms with Crippen molar-refractivity contribution < 1.29 is 9.59 Å². The molecule has 0 aliphatic rings. The number of rotatable bonds is 3. The van der Waals surface area contributed by atoms with Gasteiger partial charge in [0.1, 0.15) is 0 Å². The van der Waals surface area contributed by atoms with Gasteiger partial charge in [-0.05, 0) is 5.18 Å². The van der Waals surface area contributed by atoms with Crippen LogP contribution in [0.1, 0.15) is 0 Å². The summed E-state index contributed by atoms with van der Waals surface area (Å²) in [4.78, 5) is 29.5. The lowest BCUT2D eigenvalue weighted by Crippen LogP contribution is -2.38. The molecular weight excluding hydrogens is 126 g/mol. The summed E-state index contributed by atoms with van der Waals surface area (Å²) < 4.78 is 0. The van der Waals surface area contributed by atoms with Gasteiger partial charge in [0.25, 0.3) is 11.8 Å². The zero-order valence-corrected chi connectivity index (χ0v) is 4.40. The fourth-order valence-corrected chi connectivity index (χ4v) is 0.244. The van der Waals surface area contributed by atoms with Crippen LogP contribution >= 0.6 is 0 Å². The Labute approximate surface area is 50.2 Å². The first-order chi connectivity index (χ1) is 4.09. The summed E-state index contributed by atoms with van der Waals surface area (Å²) in [6.07, 6.45) is 0. The molecule has 6 heteroatoms. The van der Waals surface area contributed by atoms with E-state index in [0.29, 0.717) is 0 Å². The molecule has 0 saturated carbocycles. The maximum absolute atomic E-state index is 10.00. The molecule has 0 saturated heterocycles. The average molecular weight is 131 g/mol. The van der Waals surface area contributed by atoms with Crippen LogP contribution in [0.5, 0.6) is 0 Å². The Morgan fingerprint density at radius 1 is 1.22 bits per heavy atom. The number of carbonyl (C=O) groups is 2. The fraction of sp³-hybridized carbons (Fsp3) is 0.333. The lowest BCUT2D eigenvalue weighted by molar-refractivity contribution is -0.127. The quantitative estimate of drug-likeness (QED) is 0.344. The second-order valence-corrected chi connectivity index (χ2v) is 1.31. The summed E-state index contributed by atoms with van der Waals surface area (Å²) in [7, 11) is 0. The van der Waals surface area contributed by atoms with Crippen LogP contribution in [0.4, 0.5) is 0 Å². The molecule has 0 radical (unpaired) electrons. The van der Waals surface area contributed by atoms with Gasteiger partial charge in [0.05, 0.1) is 0 Å². The van der Waals surface area contributed by atoms with Crippen LogP contribution in [0, 0.1) is 4.91 Å². The van der Waals surface area contributed by atoms with Crippen molar-refractivity contribution in [3.8, 4) is 0 Å². The predicted molar refractivity (Wildman–Crippen MR) is 28.0 cm³/mol. The third-order valence-corrected chi connectivity index (χ3v) is 0.644. The van der Waals surface area contributed by atoms with Crippen molar-refractivity contribution in [1.82, 2.24) is 0 Å². The van der Waals surface area contributed by atoms with Gasteiger partial charge in [-0.25, -0.2) is 0 Å². The molecule has 2 amide bonds. The van der Waals surface area contributed by atoms with Crippen LogP contribution in [0.2, 0.25) is 0 Å². The van der Waals surface area contributed by atoms with Crippen molar-refractivity contribution in [3.63, 3.8) is 0 Å². The number of amides is 2. The summed E-state index contributed by atoms with van der Waals surface area (Å²) in [5.41, 5.74) is 9.03. The Hall–Kier alpha value is -1.46. The van der Waals surface area contributed by atoms with E-state index in [1.54, 1.807) is 0 Å². The minimum atomic E-state index is -1.73. The Balaban J connectivity index is 4.16. The van der Waals surface area contributed by atoms with Gasteiger partial charge in [0, 0.05) is 0 Å². The Morgan fingerprint density at radius 3 is 1.56 bits per heavy atom. The van der Waals surface area contributed by atoms with Gasteiger partial charge in [-0.15, -0.1) is 4.91 Å². The van der Waals surface area contributed by atoms with Gasteiger partial charge in [-0.3, -0.25) is 9.59 Å². The van der Waals surface area contributed by atoms with Crippen molar-refractivity contribution in [3.05, 3.63) is 4.91 Å². The van der Waals surface area contributed by atoms with Crippen molar-refractivity contribution in [2.24, 2.45) is 16.6 Å². The molecule has 0 aliphatic carbocycles. The molecule has 0 atom stereocenters. The maximum atomic E-state index is 10.00. The van der Waals surface area contributed by atoms with Crippen LogP contribution in [-0.4, -0.2) is 17.9 Å². The number of nitroso groups, excluding NO2 is 1. The van der Waals surface area contributed by atoms with Crippen molar-refractivity contribution in [1.29, 1.82) is 0 Å². The summed E-state index contributed by atoms with van der Waals surface area (Å²) in [5, 5.41) is 2.09. The van der Waals surface area contributed by atoms with E-state index in [9.17, 15) is 14.5 Å². The smallest absolute Gasteiger partial charge is 0.255 e. The molecular formula is C3H5N3O3. The molecule has 4 N–H and O–H groups in total. The highest BCUT2D eigenvalue weighted by atomic mass is 16.3.